The van der Waals surface area contributed by atoms with Gasteiger partial charge in [-0.15, -0.1) is 0 Å². The molecule has 1 unspecified atom stereocenters. The van der Waals surface area contributed by atoms with Crippen LogP contribution in [0.3, 0.4) is 0 Å². The van der Waals surface area contributed by atoms with Crippen molar-refractivity contribution in [2.45, 2.75) is 38.1 Å². The van der Waals surface area contributed by atoms with Gasteiger partial charge in [0, 0.05) is 19.1 Å². The fraction of sp³-hybridized carbons (Fsp3) is 0.250. The molecule has 0 aliphatic heterocycles. The predicted molar refractivity (Wildman–Crippen MR) is 141 cm³/mol. The topological polar surface area (TPSA) is 3.24 Å². The van der Waals surface area contributed by atoms with E-state index >= 15 is 0 Å². The van der Waals surface area contributed by atoms with E-state index in [9.17, 15) is 0 Å². The molecule has 0 aliphatic carbocycles. The van der Waals surface area contributed by atoms with Gasteiger partial charge in [-0.25, -0.2) is 0 Å². The molecule has 33 heavy (non-hydrogen) atoms. The first-order valence-electron chi connectivity index (χ1n) is 12.3. The normalized spacial score (nSPS) is 12.0. The number of hydrogen-bond donors (Lipinski definition) is 0. The van der Waals surface area contributed by atoms with Crippen molar-refractivity contribution in [3.8, 4) is 0 Å². The molecule has 0 saturated heterocycles. The van der Waals surface area contributed by atoms with Gasteiger partial charge in [-0.3, -0.25) is 4.90 Å². The molecule has 0 aromatic heterocycles. The van der Waals surface area contributed by atoms with E-state index in [0.717, 1.165) is 38.8 Å². The second-order valence-corrected chi connectivity index (χ2v) is 8.87. The highest BCUT2D eigenvalue weighted by atomic mass is 15.1. The summed E-state index contributed by atoms with van der Waals surface area (Å²) >= 11 is 0. The number of aryl methyl sites for hydroxylation is 1. The van der Waals surface area contributed by atoms with E-state index in [1.165, 1.54) is 28.7 Å². The fourth-order valence-corrected chi connectivity index (χ4v) is 4.59. The second-order valence-electron chi connectivity index (χ2n) is 8.87. The summed E-state index contributed by atoms with van der Waals surface area (Å²) in [4.78, 5) is 2.75. The quantitative estimate of drug-likeness (QED) is 0.232. The summed E-state index contributed by atoms with van der Waals surface area (Å²) < 4.78 is 0. The maximum atomic E-state index is 2.75. The minimum absolute atomic E-state index is 0.514. The van der Waals surface area contributed by atoms with Crippen LogP contribution in [0.25, 0.3) is 0 Å². The van der Waals surface area contributed by atoms with Crippen LogP contribution in [0.1, 0.15) is 28.7 Å². The van der Waals surface area contributed by atoms with Gasteiger partial charge < -0.3 is 0 Å². The van der Waals surface area contributed by atoms with E-state index in [1.54, 1.807) is 0 Å². The molecule has 0 heterocycles. The highest BCUT2D eigenvalue weighted by Gasteiger charge is 2.19. The maximum Gasteiger partial charge on any atom is 0.0139 e. The molecular formula is C32H35N. The summed E-state index contributed by atoms with van der Waals surface area (Å²) in [5.41, 5.74) is 5.70. The van der Waals surface area contributed by atoms with Gasteiger partial charge in [0.1, 0.15) is 0 Å². The first kappa shape index (κ1) is 23.0. The molecule has 0 radical (unpaired) electrons. The lowest BCUT2D eigenvalue weighted by Crippen LogP contribution is -2.40. The van der Waals surface area contributed by atoms with Gasteiger partial charge in [0.25, 0.3) is 0 Å². The highest BCUT2D eigenvalue weighted by Crippen LogP contribution is 2.18. The molecule has 4 aromatic rings. The lowest BCUT2D eigenvalue weighted by atomic mass is 9.96. The van der Waals surface area contributed by atoms with Gasteiger partial charge in [0.2, 0.25) is 0 Å². The highest BCUT2D eigenvalue weighted by molar-refractivity contribution is 5.19. The predicted octanol–water partition coefficient (Wildman–Crippen LogP) is 7.02. The average Bonchev–Trinajstić information content (AvgIpc) is 2.89. The molecule has 0 spiro atoms. The summed E-state index contributed by atoms with van der Waals surface area (Å²) in [5, 5.41) is 0. The van der Waals surface area contributed by atoms with Crippen LogP contribution in [-0.2, 0) is 25.7 Å². The van der Waals surface area contributed by atoms with E-state index in [0.29, 0.717) is 6.04 Å². The van der Waals surface area contributed by atoms with Crippen LogP contribution in [-0.4, -0.2) is 24.0 Å². The van der Waals surface area contributed by atoms with Crippen molar-refractivity contribution < 1.29 is 0 Å². The number of benzene rings is 4. The Hall–Kier alpha value is -3.16. The third kappa shape index (κ3) is 7.73. The van der Waals surface area contributed by atoms with Crippen LogP contribution in [0.15, 0.2) is 121 Å². The lowest BCUT2D eigenvalue weighted by molar-refractivity contribution is 0.189. The molecular weight excluding hydrogens is 398 g/mol. The van der Waals surface area contributed by atoms with Crippen LogP contribution in [0.5, 0.6) is 0 Å². The molecule has 0 aliphatic rings. The molecule has 0 N–H and O–H groups in total. The Morgan fingerprint density at radius 1 is 0.424 bits per heavy atom. The Morgan fingerprint density at radius 2 is 0.788 bits per heavy atom. The zero-order valence-electron chi connectivity index (χ0n) is 19.5. The van der Waals surface area contributed by atoms with Crippen molar-refractivity contribution >= 4 is 0 Å². The van der Waals surface area contributed by atoms with Gasteiger partial charge >= 0.3 is 0 Å². The molecule has 4 aromatic carbocycles. The molecule has 0 bridgehead atoms. The Morgan fingerprint density at radius 3 is 1.21 bits per heavy atom. The minimum Gasteiger partial charge on any atom is -0.299 e. The van der Waals surface area contributed by atoms with Crippen molar-refractivity contribution in [3.63, 3.8) is 0 Å². The van der Waals surface area contributed by atoms with Crippen molar-refractivity contribution in [1.29, 1.82) is 0 Å². The SMILES string of the molecule is c1ccc(CCC(Cc2ccccc2)N(CCc2ccccc2)CCc2ccccc2)cc1. The monoisotopic (exact) mass is 433 g/mol. The van der Waals surface area contributed by atoms with Crippen LogP contribution in [0.4, 0.5) is 0 Å². The Balaban J connectivity index is 1.51. The van der Waals surface area contributed by atoms with Gasteiger partial charge in [0.15, 0.2) is 0 Å². The van der Waals surface area contributed by atoms with Crippen LogP contribution < -0.4 is 0 Å². The Labute approximate surface area is 199 Å². The number of hydrogen-bond acceptors (Lipinski definition) is 1. The third-order valence-corrected chi connectivity index (χ3v) is 6.50. The summed E-state index contributed by atoms with van der Waals surface area (Å²) in [6, 6.07) is 44.3. The summed E-state index contributed by atoms with van der Waals surface area (Å²) in [5.74, 6) is 0. The van der Waals surface area contributed by atoms with Crippen molar-refractivity contribution in [2.75, 3.05) is 13.1 Å². The largest absolute Gasteiger partial charge is 0.299 e. The van der Waals surface area contributed by atoms with Gasteiger partial charge in [-0.1, -0.05) is 121 Å². The van der Waals surface area contributed by atoms with E-state index in [1.807, 2.05) is 0 Å². The number of nitrogens with zero attached hydrogens (tertiary/aromatic N) is 1. The van der Waals surface area contributed by atoms with E-state index in [2.05, 4.69) is 126 Å². The summed E-state index contributed by atoms with van der Waals surface area (Å²) in [6.45, 7) is 2.17. The van der Waals surface area contributed by atoms with Crippen molar-refractivity contribution in [1.82, 2.24) is 4.90 Å². The van der Waals surface area contributed by atoms with E-state index < -0.39 is 0 Å². The summed E-state index contributed by atoms with van der Waals surface area (Å²) in [6.07, 6.45) is 5.56. The first-order valence-corrected chi connectivity index (χ1v) is 12.3. The van der Waals surface area contributed by atoms with Crippen molar-refractivity contribution in [2.24, 2.45) is 0 Å². The molecule has 0 amide bonds. The molecule has 168 valence electrons. The van der Waals surface area contributed by atoms with Crippen molar-refractivity contribution in [3.05, 3.63) is 144 Å². The maximum absolute atomic E-state index is 2.75. The van der Waals surface area contributed by atoms with E-state index in [4.69, 9.17) is 0 Å². The number of rotatable bonds is 12. The molecule has 4 rings (SSSR count). The van der Waals surface area contributed by atoms with Gasteiger partial charge in [0.05, 0.1) is 0 Å². The molecule has 1 heteroatoms. The van der Waals surface area contributed by atoms with Crippen LogP contribution in [0, 0.1) is 0 Å². The third-order valence-electron chi connectivity index (χ3n) is 6.50. The van der Waals surface area contributed by atoms with E-state index in [-0.39, 0.29) is 0 Å². The Kier molecular flexibility index (Phi) is 8.90. The smallest absolute Gasteiger partial charge is 0.0139 e. The fourth-order valence-electron chi connectivity index (χ4n) is 4.59. The molecule has 0 saturated carbocycles. The Bertz CT molecular complexity index is 985. The van der Waals surface area contributed by atoms with Crippen LogP contribution >= 0.6 is 0 Å². The second kappa shape index (κ2) is 12.8. The molecule has 0 fully saturated rings. The zero-order chi connectivity index (χ0) is 22.6. The first-order chi connectivity index (χ1) is 16.4. The molecule has 1 nitrogen and oxygen atoms in total. The van der Waals surface area contributed by atoms with Crippen LogP contribution in [0.2, 0.25) is 0 Å². The van der Waals surface area contributed by atoms with Gasteiger partial charge in [-0.2, -0.15) is 0 Å². The molecule has 1 atom stereocenters. The zero-order valence-corrected chi connectivity index (χ0v) is 19.5. The summed E-state index contributed by atoms with van der Waals surface area (Å²) in [7, 11) is 0. The standard InChI is InChI=1S/C32H35N/c1-5-13-28(14-6-1)21-22-32(27-31-19-11-4-12-20-31)33(25-23-29-15-7-2-8-16-29)26-24-30-17-9-3-10-18-30/h1-20,32H,21-27H2. The average molecular weight is 434 g/mol. The minimum atomic E-state index is 0.514. The van der Waals surface area contributed by atoms with Gasteiger partial charge in [-0.05, 0) is 54.4 Å². The lowest BCUT2D eigenvalue weighted by Gasteiger charge is -2.32.